The van der Waals surface area contributed by atoms with E-state index in [4.69, 9.17) is 0 Å². The monoisotopic (exact) mass is 702 g/mol. The van der Waals surface area contributed by atoms with Gasteiger partial charge in [-0.1, -0.05) is 94.5 Å². The Hall–Kier alpha value is -3.22. The highest BCUT2D eigenvalue weighted by atomic mass is 16.3. The van der Waals surface area contributed by atoms with Gasteiger partial charge in [-0.05, 0) is 117 Å². The van der Waals surface area contributed by atoms with Gasteiger partial charge in [0.1, 0.15) is 0 Å². The Labute approximate surface area is 310 Å². The fourth-order valence-corrected chi connectivity index (χ4v) is 14.1. The summed E-state index contributed by atoms with van der Waals surface area (Å²) in [6, 6.07) is 19.3. The highest BCUT2D eigenvalue weighted by molar-refractivity contribution is 6.10. The zero-order valence-corrected chi connectivity index (χ0v) is 31.6. The first-order chi connectivity index (χ1) is 24.8. The summed E-state index contributed by atoms with van der Waals surface area (Å²) in [6.07, 6.45) is 15.8. The number of nitrogens with zero attached hydrogens (tertiary/aromatic N) is 1. The molecule has 11 rings (SSSR count). The molecule has 9 aliphatic rings. The van der Waals surface area contributed by atoms with Gasteiger partial charge >= 0.3 is 6.03 Å². The molecule has 2 aromatic rings. The van der Waals surface area contributed by atoms with Gasteiger partial charge in [0.2, 0.25) is 0 Å². The molecule has 276 valence electrons. The van der Waals surface area contributed by atoms with Gasteiger partial charge in [-0.25, -0.2) is 4.79 Å². The lowest BCUT2D eigenvalue weighted by atomic mass is 9.32. The Kier molecular flexibility index (Phi) is 7.73. The largest absolute Gasteiger partial charge is 0.393 e. The third-order valence-corrected chi connectivity index (χ3v) is 17.2. The zero-order chi connectivity index (χ0) is 36.3. The van der Waals surface area contributed by atoms with Crippen LogP contribution in [0.3, 0.4) is 0 Å². The van der Waals surface area contributed by atoms with E-state index >= 15 is 0 Å². The highest BCUT2D eigenvalue weighted by Gasteiger charge is 2.74. The van der Waals surface area contributed by atoms with Gasteiger partial charge in [0.25, 0.3) is 0 Å². The first-order valence-electron chi connectivity index (χ1n) is 20.3. The number of hydrogen-bond donors (Lipinski definition) is 3. The van der Waals surface area contributed by atoms with E-state index in [2.05, 4.69) is 51.2 Å². The number of aliphatic hydroxyl groups is 2. The number of carbonyl (C=O) groups is 2. The first kappa shape index (κ1) is 34.5. The molecule has 6 nitrogen and oxygen atoms in total. The summed E-state index contributed by atoms with van der Waals surface area (Å²) in [5.74, 6) is 2.15. The molecule has 3 N–H and O–H groups in total. The maximum Gasteiger partial charge on any atom is 0.321 e. The summed E-state index contributed by atoms with van der Waals surface area (Å²) in [7, 11) is 0. The summed E-state index contributed by atoms with van der Waals surface area (Å²) in [4.78, 5) is 31.1. The molecule has 0 aromatic heterocycles. The van der Waals surface area contributed by atoms with Crippen LogP contribution in [0.4, 0.5) is 10.5 Å². The van der Waals surface area contributed by atoms with Crippen LogP contribution >= 0.6 is 0 Å². The van der Waals surface area contributed by atoms with Crippen LogP contribution in [-0.4, -0.2) is 51.7 Å². The maximum atomic E-state index is 14.8. The number of Topliss-reactive ketones (excluding diaryl/α,β-unsaturated/α-hetero) is 1. The van der Waals surface area contributed by atoms with Crippen LogP contribution < -0.4 is 5.32 Å². The number of rotatable bonds is 7. The number of fused-ring (bicyclic) bond motifs is 3. The Bertz CT molecular complexity index is 1820. The van der Waals surface area contributed by atoms with Crippen molar-refractivity contribution in [3.05, 3.63) is 90.0 Å². The number of aliphatic hydroxyl groups excluding tert-OH is 1. The molecule has 2 amide bonds. The van der Waals surface area contributed by atoms with Crippen molar-refractivity contribution < 1.29 is 19.8 Å². The van der Waals surface area contributed by atoms with Crippen LogP contribution in [0.1, 0.15) is 102 Å². The van der Waals surface area contributed by atoms with Gasteiger partial charge in [-0.2, -0.15) is 0 Å². The quantitative estimate of drug-likeness (QED) is 0.198. The summed E-state index contributed by atoms with van der Waals surface area (Å²) >= 11 is 0. The molecule has 11 atom stereocenters. The summed E-state index contributed by atoms with van der Waals surface area (Å²) in [6.45, 7) is 10.5. The lowest BCUT2D eigenvalue weighted by Gasteiger charge is -2.71. The normalized spacial score (nSPS) is 43.3. The molecule has 52 heavy (non-hydrogen) atoms. The lowest BCUT2D eigenvalue weighted by Crippen LogP contribution is -2.67. The lowest BCUT2D eigenvalue weighted by molar-refractivity contribution is -0.176. The molecule has 0 aliphatic heterocycles. The van der Waals surface area contributed by atoms with Crippen LogP contribution in [0.5, 0.6) is 0 Å². The number of hydrogen-bond acceptors (Lipinski definition) is 4. The van der Waals surface area contributed by atoms with Crippen molar-refractivity contribution in [2.24, 2.45) is 56.7 Å². The zero-order valence-electron chi connectivity index (χ0n) is 31.6. The topological polar surface area (TPSA) is 89.9 Å². The second-order valence-corrected chi connectivity index (χ2v) is 19.4. The molecular weight excluding hydrogens is 645 g/mol. The molecule has 6 fully saturated rings. The molecule has 0 heterocycles. The molecule has 1 unspecified atom stereocenters. The third-order valence-electron chi connectivity index (χ3n) is 17.2. The van der Waals surface area contributed by atoms with Gasteiger partial charge in [0, 0.05) is 39.6 Å². The number of allylic oxidation sites excluding steroid dienone is 4. The minimum absolute atomic E-state index is 0.0425. The fraction of sp³-hybridized carbons (Fsp3) is 0.609. The first-order valence-corrected chi connectivity index (χ1v) is 20.3. The number of para-hydroxylation sites is 1. The number of benzene rings is 2. The molecule has 2 spiro atoms. The highest BCUT2D eigenvalue weighted by Crippen LogP contribution is 2.78. The Morgan fingerprint density at radius 3 is 2.21 bits per heavy atom. The molecule has 2 aromatic carbocycles. The van der Waals surface area contributed by atoms with Crippen LogP contribution in [0.25, 0.3) is 0 Å². The minimum atomic E-state index is -1.11. The van der Waals surface area contributed by atoms with Gasteiger partial charge in [0.05, 0.1) is 18.2 Å². The van der Waals surface area contributed by atoms with E-state index in [1.165, 1.54) is 12.8 Å². The molecule has 4 bridgehead atoms. The summed E-state index contributed by atoms with van der Waals surface area (Å²) in [5, 5.41) is 27.5. The second kappa shape index (κ2) is 11.6. The Morgan fingerprint density at radius 1 is 0.827 bits per heavy atom. The molecule has 6 saturated carbocycles. The van der Waals surface area contributed by atoms with E-state index in [9.17, 15) is 19.8 Å². The van der Waals surface area contributed by atoms with E-state index in [-0.39, 0.29) is 47.1 Å². The van der Waals surface area contributed by atoms with Gasteiger partial charge in [-0.3, -0.25) is 4.79 Å². The van der Waals surface area contributed by atoms with Crippen molar-refractivity contribution in [2.75, 3.05) is 18.4 Å². The minimum Gasteiger partial charge on any atom is -0.393 e. The number of carbonyl (C=O) groups excluding carboxylic acids is 2. The number of amides is 2. The SMILES string of the molecule is CC1(C)[C@H]2CC[C@@H](CN(C[C@]3(O)CC[C@H]4[C@]56C=C[C@@]7(C=C5C(=O)c5ccccc5)CC(O)CC[C@]7(C)[C@H]6CC[C@@]43C)C(=O)Nc3ccccc3)[C@@H]1C2. The number of anilines is 1. The van der Waals surface area contributed by atoms with Crippen LogP contribution in [0.2, 0.25) is 0 Å². The van der Waals surface area contributed by atoms with Crippen molar-refractivity contribution >= 4 is 17.5 Å². The summed E-state index contributed by atoms with van der Waals surface area (Å²) in [5.41, 5.74) is 0.0635. The average molecular weight is 703 g/mol. The van der Waals surface area contributed by atoms with Crippen molar-refractivity contribution in [1.82, 2.24) is 4.90 Å². The predicted molar refractivity (Wildman–Crippen MR) is 204 cm³/mol. The van der Waals surface area contributed by atoms with E-state index in [0.29, 0.717) is 42.2 Å². The molecule has 9 aliphatic carbocycles. The molecular formula is C46H58N2O4. The van der Waals surface area contributed by atoms with Crippen molar-refractivity contribution in [2.45, 2.75) is 104 Å². The maximum absolute atomic E-state index is 14.8. The second-order valence-electron chi connectivity index (χ2n) is 19.4. The fourth-order valence-electron chi connectivity index (χ4n) is 14.1. The smallest absolute Gasteiger partial charge is 0.321 e. The average Bonchev–Trinajstić information content (AvgIpc) is 3.41. The number of ketones is 1. The predicted octanol–water partition coefficient (Wildman–Crippen LogP) is 9.07. The number of urea groups is 1. The van der Waals surface area contributed by atoms with E-state index in [1.54, 1.807) is 0 Å². The molecule has 0 saturated heterocycles. The van der Waals surface area contributed by atoms with E-state index in [0.717, 1.165) is 55.7 Å². The van der Waals surface area contributed by atoms with Crippen LogP contribution in [0.15, 0.2) is 84.5 Å². The Balaban J connectivity index is 1.09. The molecule has 6 heteroatoms. The van der Waals surface area contributed by atoms with Gasteiger partial charge < -0.3 is 20.4 Å². The van der Waals surface area contributed by atoms with Crippen LogP contribution in [0, 0.1) is 56.7 Å². The number of nitrogens with one attached hydrogen (secondary N) is 1. The van der Waals surface area contributed by atoms with E-state index in [1.807, 2.05) is 65.6 Å². The van der Waals surface area contributed by atoms with Crippen molar-refractivity contribution in [3.8, 4) is 0 Å². The summed E-state index contributed by atoms with van der Waals surface area (Å²) < 4.78 is 0. The van der Waals surface area contributed by atoms with Gasteiger partial charge in [-0.15, -0.1) is 0 Å². The van der Waals surface area contributed by atoms with Crippen molar-refractivity contribution in [1.29, 1.82) is 0 Å². The van der Waals surface area contributed by atoms with Gasteiger partial charge in [0.15, 0.2) is 5.78 Å². The standard InChI is InChI=1S/C46H58N2O4/c1-41(2)32-16-15-31(35(41)25-32)28-48(40(51)47-33-13-9-6-10-14-33)29-45(52)22-19-38-43(45,4)21-18-37-42(3)20-17-34(49)26-44(42)23-24-46(37,38)36(27-44)39(50)30-11-7-5-8-12-30/h5-14,23-24,27,31-32,34-35,37-38,49,52H,15-22,25-26,28-29H2,1-4H3,(H,47,51)/t31-,32-,34?,35-,37+,38+,42+,43-,44-,45+,46+/m0/s1. The van der Waals surface area contributed by atoms with E-state index < -0.39 is 16.4 Å². The van der Waals surface area contributed by atoms with Crippen molar-refractivity contribution in [3.63, 3.8) is 0 Å². The Morgan fingerprint density at radius 2 is 1.50 bits per heavy atom. The third kappa shape index (κ3) is 4.61. The van der Waals surface area contributed by atoms with Crippen LogP contribution in [-0.2, 0) is 0 Å². The molecule has 0 radical (unpaired) electrons.